The van der Waals surface area contributed by atoms with Crippen molar-refractivity contribution >= 4 is 31.6 Å². The lowest BCUT2D eigenvalue weighted by molar-refractivity contribution is 0.254. The Hall–Kier alpha value is -0.700. The Labute approximate surface area is 126 Å². The third-order valence-electron chi connectivity index (χ3n) is 3.08. The number of hydrogen-bond acceptors (Lipinski definition) is 4. The highest BCUT2D eigenvalue weighted by atomic mass is 79.9. The summed E-state index contributed by atoms with van der Waals surface area (Å²) in [6.45, 7) is 3.99. The van der Waals surface area contributed by atoms with Crippen LogP contribution in [-0.4, -0.2) is 51.8 Å². The maximum atomic E-state index is 13.1. The number of nitrogens with one attached hydrogen (secondary N) is 2. The first-order valence-electron chi connectivity index (χ1n) is 6.35. The molecule has 1 heterocycles. The first-order chi connectivity index (χ1) is 9.46. The zero-order valence-electron chi connectivity index (χ0n) is 10.9. The number of benzene rings is 1. The molecule has 0 saturated carbocycles. The predicted molar refractivity (Wildman–Crippen MR) is 80.8 cm³/mol. The molecule has 8 heteroatoms. The predicted octanol–water partition coefficient (Wildman–Crippen LogP) is 1.24. The quantitative estimate of drug-likeness (QED) is 0.823. The van der Waals surface area contributed by atoms with Gasteiger partial charge in [-0.25, -0.2) is 12.8 Å². The lowest BCUT2D eigenvalue weighted by Crippen LogP contribution is -2.45. The molecular weight excluding hydrogens is 349 g/mol. The minimum absolute atomic E-state index is 0.0298. The lowest BCUT2D eigenvalue weighted by atomic mass is 10.3. The van der Waals surface area contributed by atoms with E-state index in [1.165, 1.54) is 18.2 Å². The van der Waals surface area contributed by atoms with E-state index in [1.807, 2.05) is 0 Å². The summed E-state index contributed by atoms with van der Waals surface area (Å²) in [5.41, 5.74) is 0.360. The summed E-state index contributed by atoms with van der Waals surface area (Å²) in [5, 5.41) is 3.22. The molecule has 1 aliphatic rings. The van der Waals surface area contributed by atoms with E-state index in [4.69, 9.17) is 0 Å². The number of rotatable bonds is 5. The van der Waals surface area contributed by atoms with Crippen molar-refractivity contribution in [2.75, 3.05) is 43.2 Å². The Morgan fingerprint density at radius 3 is 2.70 bits per heavy atom. The van der Waals surface area contributed by atoms with E-state index < -0.39 is 15.8 Å². The molecular formula is C12H17BrFN3O2S. The van der Waals surface area contributed by atoms with E-state index in [2.05, 4.69) is 30.9 Å². The molecule has 0 unspecified atom stereocenters. The van der Waals surface area contributed by atoms with Gasteiger partial charge in [0.1, 0.15) is 5.82 Å². The van der Waals surface area contributed by atoms with Crippen LogP contribution in [0, 0.1) is 5.82 Å². The SMILES string of the molecule is O=S(=O)(CCN1CCNCC1)Nc1ccc(F)c(Br)c1. The monoisotopic (exact) mass is 365 g/mol. The lowest BCUT2D eigenvalue weighted by Gasteiger charge is -2.26. The smallest absolute Gasteiger partial charge is 0.233 e. The van der Waals surface area contributed by atoms with Crippen LogP contribution >= 0.6 is 15.9 Å². The van der Waals surface area contributed by atoms with E-state index in [1.54, 1.807) is 0 Å². The highest BCUT2D eigenvalue weighted by Crippen LogP contribution is 2.20. The zero-order chi connectivity index (χ0) is 14.6. The maximum Gasteiger partial charge on any atom is 0.233 e. The largest absolute Gasteiger partial charge is 0.314 e. The van der Waals surface area contributed by atoms with Crippen molar-refractivity contribution in [3.63, 3.8) is 0 Å². The number of sulfonamides is 1. The number of hydrogen-bond donors (Lipinski definition) is 2. The van der Waals surface area contributed by atoms with Crippen LogP contribution < -0.4 is 10.0 Å². The van der Waals surface area contributed by atoms with E-state index >= 15 is 0 Å². The van der Waals surface area contributed by atoms with Crippen LogP contribution in [0.15, 0.2) is 22.7 Å². The summed E-state index contributed by atoms with van der Waals surface area (Å²) < 4.78 is 39.7. The van der Waals surface area contributed by atoms with Crippen LogP contribution in [0.4, 0.5) is 10.1 Å². The summed E-state index contributed by atoms with van der Waals surface area (Å²) in [5.74, 6) is -0.393. The van der Waals surface area contributed by atoms with Gasteiger partial charge >= 0.3 is 0 Å². The van der Waals surface area contributed by atoms with Crippen molar-refractivity contribution in [2.24, 2.45) is 0 Å². The molecule has 2 rings (SSSR count). The van der Waals surface area contributed by atoms with Crippen LogP contribution in [-0.2, 0) is 10.0 Å². The number of nitrogens with zero attached hydrogens (tertiary/aromatic N) is 1. The average Bonchev–Trinajstić information content (AvgIpc) is 2.42. The minimum atomic E-state index is -3.42. The Morgan fingerprint density at radius 2 is 2.05 bits per heavy atom. The van der Waals surface area contributed by atoms with Gasteiger partial charge in [0.2, 0.25) is 10.0 Å². The highest BCUT2D eigenvalue weighted by molar-refractivity contribution is 9.10. The van der Waals surface area contributed by atoms with Gasteiger partial charge in [-0.15, -0.1) is 0 Å². The summed E-state index contributed by atoms with van der Waals surface area (Å²) in [6.07, 6.45) is 0. The van der Waals surface area contributed by atoms with E-state index in [-0.39, 0.29) is 10.2 Å². The zero-order valence-corrected chi connectivity index (χ0v) is 13.3. The molecule has 0 bridgehead atoms. The second kappa shape index (κ2) is 6.84. The van der Waals surface area contributed by atoms with Gasteiger partial charge in [0.25, 0.3) is 0 Å². The van der Waals surface area contributed by atoms with Crippen LogP contribution in [0.5, 0.6) is 0 Å². The number of anilines is 1. The van der Waals surface area contributed by atoms with E-state index in [0.717, 1.165) is 26.2 Å². The van der Waals surface area contributed by atoms with Crippen molar-refractivity contribution in [1.82, 2.24) is 10.2 Å². The molecule has 0 radical (unpaired) electrons. The molecule has 1 fully saturated rings. The fourth-order valence-electron chi connectivity index (χ4n) is 1.97. The fourth-order valence-corrected chi connectivity index (χ4v) is 3.44. The molecule has 5 nitrogen and oxygen atoms in total. The van der Waals surface area contributed by atoms with Crippen LogP contribution in [0.3, 0.4) is 0 Å². The number of halogens is 2. The molecule has 0 atom stereocenters. The molecule has 0 aliphatic carbocycles. The normalized spacial score (nSPS) is 17.1. The molecule has 112 valence electrons. The van der Waals surface area contributed by atoms with E-state index in [9.17, 15) is 12.8 Å². The third kappa shape index (κ3) is 4.69. The Bertz CT molecular complexity index is 562. The Kier molecular flexibility index (Phi) is 5.36. The second-order valence-electron chi connectivity index (χ2n) is 4.64. The van der Waals surface area contributed by atoms with E-state index in [0.29, 0.717) is 12.2 Å². The molecule has 1 aromatic carbocycles. The third-order valence-corrected chi connectivity index (χ3v) is 4.95. The van der Waals surface area contributed by atoms with Gasteiger partial charge in [-0.2, -0.15) is 0 Å². The highest BCUT2D eigenvalue weighted by Gasteiger charge is 2.15. The molecule has 0 aromatic heterocycles. The summed E-state index contributed by atoms with van der Waals surface area (Å²) >= 11 is 3.03. The second-order valence-corrected chi connectivity index (χ2v) is 7.34. The maximum absolute atomic E-state index is 13.1. The van der Waals surface area contributed by atoms with Crippen LogP contribution in [0.25, 0.3) is 0 Å². The molecule has 0 amide bonds. The molecule has 1 aromatic rings. The van der Waals surface area contributed by atoms with Gasteiger partial charge in [-0.1, -0.05) is 0 Å². The van der Waals surface area contributed by atoms with Gasteiger partial charge in [0.15, 0.2) is 0 Å². The number of piperazine rings is 1. The van der Waals surface area contributed by atoms with Gasteiger partial charge in [-0.05, 0) is 34.1 Å². The summed E-state index contributed by atoms with van der Waals surface area (Å²) in [7, 11) is -3.42. The standard InChI is InChI=1S/C12H17BrFN3O2S/c13-11-9-10(1-2-12(11)14)16-20(18,19)8-7-17-5-3-15-4-6-17/h1-2,9,15-16H,3-8H2. The van der Waals surface area contributed by atoms with Crippen molar-refractivity contribution in [3.8, 4) is 0 Å². The molecule has 0 spiro atoms. The Morgan fingerprint density at radius 1 is 1.35 bits per heavy atom. The average molecular weight is 366 g/mol. The van der Waals surface area contributed by atoms with Crippen molar-refractivity contribution in [2.45, 2.75) is 0 Å². The Balaban J connectivity index is 1.91. The summed E-state index contributed by atoms with van der Waals surface area (Å²) in [4.78, 5) is 2.11. The van der Waals surface area contributed by atoms with Gasteiger partial charge in [0.05, 0.1) is 10.2 Å². The van der Waals surface area contributed by atoms with Crippen molar-refractivity contribution in [3.05, 3.63) is 28.5 Å². The fraction of sp³-hybridized carbons (Fsp3) is 0.500. The first-order valence-corrected chi connectivity index (χ1v) is 8.79. The minimum Gasteiger partial charge on any atom is -0.314 e. The van der Waals surface area contributed by atoms with Crippen LogP contribution in [0.2, 0.25) is 0 Å². The molecule has 1 aliphatic heterocycles. The topological polar surface area (TPSA) is 61.4 Å². The van der Waals surface area contributed by atoms with Crippen LogP contribution in [0.1, 0.15) is 0 Å². The van der Waals surface area contributed by atoms with Crippen molar-refractivity contribution < 1.29 is 12.8 Å². The first kappa shape index (κ1) is 15.7. The summed E-state index contributed by atoms with van der Waals surface area (Å²) in [6, 6.07) is 4.04. The van der Waals surface area contributed by atoms with Gasteiger partial charge < -0.3 is 5.32 Å². The molecule has 20 heavy (non-hydrogen) atoms. The van der Waals surface area contributed by atoms with Crippen molar-refractivity contribution in [1.29, 1.82) is 0 Å². The molecule has 2 N–H and O–H groups in total. The van der Waals surface area contributed by atoms with Gasteiger partial charge in [0, 0.05) is 38.4 Å². The van der Waals surface area contributed by atoms with Gasteiger partial charge in [-0.3, -0.25) is 9.62 Å². The molecule has 1 saturated heterocycles.